The Balaban J connectivity index is 2.18. The number of nitrogens with zero attached hydrogens (tertiary/aromatic N) is 1. The Labute approximate surface area is 135 Å². The minimum absolute atomic E-state index is 0.549. The Morgan fingerprint density at radius 1 is 1.22 bits per heavy atom. The lowest BCUT2D eigenvalue weighted by atomic mass is 10.1. The van der Waals surface area contributed by atoms with Crippen LogP contribution in [0.2, 0.25) is 0 Å². The minimum Gasteiger partial charge on any atom is -0.479 e. The molecule has 0 fully saturated rings. The van der Waals surface area contributed by atoms with E-state index in [0.29, 0.717) is 5.75 Å². The lowest BCUT2D eigenvalue weighted by molar-refractivity contribution is -0.144. The second-order valence-electron chi connectivity index (χ2n) is 5.11. The smallest absolute Gasteiger partial charge is 0.344 e. The number of carbonyl (C=O) groups is 1. The number of allylic oxidation sites excluding steroid dienone is 2. The molecule has 0 aliphatic carbocycles. The van der Waals surface area contributed by atoms with Crippen molar-refractivity contribution in [3.8, 4) is 5.75 Å². The molecule has 0 spiro atoms. The average Bonchev–Trinajstić information content (AvgIpc) is 2.55. The van der Waals surface area contributed by atoms with E-state index in [2.05, 4.69) is 4.98 Å². The summed E-state index contributed by atoms with van der Waals surface area (Å²) in [4.78, 5) is 15.2. The Morgan fingerprint density at radius 2 is 1.96 bits per heavy atom. The summed E-state index contributed by atoms with van der Waals surface area (Å²) < 4.78 is 5.49. The zero-order chi connectivity index (χ0) is 16.7. The molecule has 0 radical (unpaired) electrons. The van der Waals surface area contributed by atoms with Crippen LogP contribution in [0.3, 0.4) is 0 Å². The molecule has 2 aromatic rings. The van der Waals surface area contributed by atoms with Gasteiger partial charge < -0.3 is 9.84 Å². The monoisotopic (exact) mass is 309 g/mol. The molecule has 1 N–H and O–H groups in total. The van der Waals surface area contributed by atoms with Crippen LogP contribution in [0.1, 0.15) is 25.1 Å². The molecule has 0 saturated heterocycles. The van der Waals surface area contributed by atoms with Crippen LogP contribution in [0.25, 0.3) is 12.2 Å². The van der Waals surface area contributed by atoms with Crippen LogP contribution < -0.4 is 4.74 Å². The van der Waals surface area contributed by atoms with Crippen molar-refractivity contribution in [2.45, 2.75) is 20.0 Å². The number of rotatable bonds is 6. The van der Waals surface area contributed by atoms with Crippen LogP contribution in [0.4, 0.5) is 0 Å². The first kappa shape index (κ1) is 16.5. The highest BCUT2D eigenvalue weighted by Crippen LogP contribution is 2.22. The van der Waals surface area contributed by atoms with Crippen LogP contribution in [0.15, 0.2) is 60.3 Å². The quantitative estimate of drug-likeness (QED) is 0.818. The van der Waals surface area contributed by atoms with Gasteiger partial charge in [0.1, 0.15) is 5.75 Å². The number of pyridine rings is 1. The van der Waals surface area contributed by atoms with Gasteiger partial charge in [-0.1, -0.05) is 35.9 Å². The molecule has 118 valence electrons. The van der Waals surface area contributed by atoms with Crippen LogP contribution in [0.5, 0.6) is 5.75 Å². The van der Waals surface area contributed by atoms with Crippen molar-refractivity contribution in [2.24, 2.45) is 0 Å². The summed E-state index contributed by atoms with van der Waals surface area (Å²) in [5.74, 6) is -0.441. The van der Waals surface area contributed by atoms with E-state index in [1.807, 2.05) is 61.5 Å². The molecule has 0 aliphatic heterocycles. The maximum Gasteiger partial charge on any atom is 0.344 e. The normalized spacial score (nSPS) is 13.0. The SMILES string of the molecule is CC(/C=C/c1ccccn1)=C\c1ccccc1OC(C)C(=O)O. The van der Waals surface area contributed by atoms with Crippen molar-refractivity contribution in [3.05, 3.63) is 71.6 Å². The van der Waals surface area contributed by atoms with Crippen LogP contribution in [-0.4, -0.2) is 22.2 Å². The van der Waals surface area contributed by atoms with E-state index in [-0.39, 0.29) is 0 Å². The van der Waals surface area contributed by atoms with E-state index in [1.165, 1.54) is 6.92 Å². The Bertz CT molecular complexity index is 720. The van der Waals surface area contributed by atoms with Crippen molar-refractivity contribution in [3.63, 3.8) is 0 Å². The maximum absolute atomic E-state index is 10.9. The van der Waals surface area contributed by atoms with Gasteiger partial charge in [0.05, 0.1) is 5.69 Å². The molecule has 1 aromatic heterocycles. The number of para-hydroxylation sites is 1. The zero-order valence-corrected chi connectivity index (χ0v) is 13.1. The van der Waals surface area contributed by atoms with Crippen LogP contribution in [0, 0.1) is 0 Å². The second-order valence-corrected chi connectivity index (χ2v) is 5.11. The van der Waals surface area contributed by atoms with E-state index >= 15 is 0 Å². The van der Waals surface area contributed by atoms with Gasteiger partial charge in [-0.2, -0.15) is 0 Å². The fourth-order valence-electron chi connectivity index (χ4n) is 1.93. The van der Waals surface area contributed by atoms with Gasteiger partial charge in [0, 0.05) is 11.8 Å². The van der Waals surface area contributed by atoms with Crippen molar-refractivity contribution in [1.82, 2.24) is 4.98 Å². The predicted molar refractivity (Wildman–Crippen MR) is 91.1 cm³/mol. The third-order valence-electron chi connectivity index (χ3n) is 3.16. The highest BCUT2D eigenvalue weighted by Gasteiger charge is 2.13. The molecule has 0 aliphatic rings. The number of aliphatic carboxylic acids is 1. The van der Waals surface area contributed by atoms with E-state index in [9.17, 15) is 4.79 Å². The number of carboxylic acids is 1. The topological polar surface area (TPSA) is 59.4 Å². The van der Waals surface area contributed by atoms with E-state index in [1.54, 1.807) is 12.3 Å². The number of ether oxygens (including phenoxy) is 1. The molecule has 2 rings (SSSR count). The van der Waals surface area contributed by atoms with Gasteiger partial charge in [-0.05, 0) is 44.2 Å². The van der Waals surface area contributed by atoms with Crippen molar-refractivity contribution in [2.75, 3.05) is 0 Å². The molecule has 1 unspecified atom stereocenters. The summed E-state index contributed by atoms with van der Waals surface area (Å²) >= 11 is 0. The standard InChI is InChI=1S/C19H19NO3/c1-14(10-11-17-8-5-6-12-20-17)13-16-7-3-4-9-18(16)23-15(2)19(21)22/h3-13,15H,1-2H3,(H,21,22)/b11-10+,14-13+. The van der Waals surface area contributed by atoms with Crippen molar-refractivity contribution >= 4 is 18.1 Å². The summed E-state index contributed by atoms with van der Waals surface area (Å²) in [5.41, 5.74) is 2.72. The van der Waals surface area contributed by atoms with Gasteiger partial charge in [0.2, 0.25) is 0 Å². The first-order chi connectivity index (χ1) is 11.1. The number of aromatic nitrogens is 1. The van der Waals surface area contributed by atoms with Gasteiger partial charge in [-0.25, -0.2) is 4.79 Å². The van der Waals surface area contributed by atoms with Crippen molar-refractivity contribution < 1.29 is 14.6 Å². The first-order valence-electron chi connectivity index (χ1n) is 7.32. The average molecular weight is 309 g/mol. The van der Waals surface area contributed by atoms with Gasteiger partial charge in [0.15, 0.2) is 6.10 Å². The highest BCUT2D eigenvalue weighted by molar-refractivity contribution is 5.72. The molecule has 1 heterocycles. The Morgan fingerprint density at radius 3 is 2.65 bits per heavy atom. The van der Waals surface area contributed by atoms with Crippen LogP contribution >= 0.6 is 0 Å². The lowest BCUT2D eigenvalue weighted by Crippen LogP contribution is -2.23. The van der Waals surface area contributed by atoms with E-state index in [0.717, 1.165) is 16.8 Å². The third kappa shape index (κ3) is 5.11. The van der Waals surface area contributed by atoms with Gasteiger partial charge >= 0.3 is 5.97 Å². The Hall–Kier alpha value is -2.88. The number of carboxylic acid groups (broad SMARTS) is 1. The summed E-state index contributed by atoms with van der Waals surface area (Å²) in [6.45, 7) is 3.48. The van der Waals surface area contributed by atoms with E-state index < -0.39 is 12.1 Å². The molecule has 23 heavy (non-hydrogen) atoms. The largest absolute Gasteiger partial charge is 0.479 e. The molecule has 4 heteroatoms. The molecular formula is C19H19NO3. The molecule has 0 amide bonds. The number of hydrogen-bond acceptors (Lipinski definition) is 3. The fraction of sp³-hybridized carbons (Fsp3) is 0.158. The van der Waals surface area contributed by atoms with Crippen LogP contribution in [-0.2, 0) is 4.79 Å². The molecule has 0 bridgehead atoms. The number of hydrogen-bond donors (Lipinski definition) is 1. The van der Waals surface area contributed by atoms with Gasteiger partial charge in [-0.3, -0.25) is 4.98 Å². The molecule has 1 atom stereocenters. The molecule has 0 saturated carbocycles. The lowest BCUT2D eigenvalue weighted by Gasteiger charge is -2.12. The third-order valence-corrected chi connectivity index (χ3v) is 3.16. The maximum atomic E-state index is 10.9. The summed E-state index contributed by atoms with van der Waals surface area (Å²) in [7, 11) is 0. The Kier molecular flexibility index (Phi) is 5.69. The summed E-state index contributed by atoms with van der Waals surface area (Å²) in [6.07, 6.45) is 6.68. The van der Waals surface area contributed by atoms with Gasteiger partial charge in [0.25, 0.3) is 0 Å². The van der Waals surface area contributed by atoms with Gasteiger partial charge in [-0.15, -0.1) is 0 Å². The number of benzene rings is 1. The predicted octanol–water partition coefficient (Wildman–Crippen LogP) is 4.05. The minimum atomic E-state index is -0.990. The summed E-state index contributed by atoms with van der Waals surface area (Å²) in [5, 5.41) is 8.97. The molecule has 4 nitrogen and oxygen atoms in total. The second kappa shape index (κ2) is 7.94. The summed E-state index contributed by atoms with van der Waals surface area (Å²) in [6, 6.07) is 13.1. The molecule has 1 aromatic carbocycles. The zero-order valence-electron chi connectivity index (χ0n) is 13.1. The van der Waals surface area contributed by atoms with E-state index in [4.69, 9.17) is 9.84 Å². The first-order valence-corrected chi connectivity index (χ1v) is 7.32. The fourth-order valence-corrected chi connectivity index (χ4v) is 1.93. The highest BCUT2D eigenvalue weighted by atomic mass is 16.5. The van der Waals surface area contributed by atoms with Crippen molar-refractivity contribution in [1.29, 1.82) is 0 Å². The molecular weight excluding hydrogens is 290 g/mol.